The van der Waals surface area contributed by atoms with Gasteiger partial charge in [-0.25, -0.2) is 0 Å². The first-order chi connectivity index (χ1) is 5.77. The maximum absolute atomic E-state index is 10.0. The van der Waals surface area contributed by atoms with Gasteiger partial charge in [-0.3, -0.25) is 9.59 Å². The Morgan fingerprint density at radius 3 is 1.23 bits per heavy atom. The molecule has 0 aliphatic rings. The zero-order valence-electron chi connectivity index (χ0n) is 8.57. The molecular weight excluding hydrogens is 172 g/mol. The number of aliphatic hydroxyl groups is 2. The Hall–Kier alpha value is -0.740. The fraction of sp³-hybridized carbons (Fsp3) is 0.778. The third-order valence-electron chi connectivity index (χ3n) is 1.20. The number of hydrogen-bond acceptors (Lipinski definition) is 4. The van der Waals surface area contributed by atoms with Crippen LogP contribution in [0.2, 0.25) is 0 Å². The van der Waals surface area contributed by atoms with Crippen LogP contribution in [0.5, 0.6) is 0 Å². The Morgan fingerprint density at radius 1 is 1.00 bits per heavy atom. The van der Waals surface area contributed by atoms with Crippen LogP contribution in [-0.4, -0.2) is 34.0 Å². The predicted molar refractivity (Wildman–Crippen MR) is 49.3 cm³/mol. The van der Waals surface area contributed by atoms with E-state index in [4.69, 9.17) is 10.2 Å². The summed E-state index contributed by atoms with van der Waals surface area (Å²) in [5, 5.41) is 16.8. The van der Waals surface area contributed by atoms with Crippen LogP contribution in [-0.2, 0) is 9.59 Å². The van der Waals surface area contributed by atoms with Gasteiger partial charge in [0.15, 0.2) is 0 Å². The Balaban J connectivity index is 0. The van der Waals surface area contributed by atoms with Crippen molar-refractivity contribution in [3.05, 3.63) is 0 Å². The van der Waals surface area contributed by atoms with E-state index in [1.807, 2.05) is 0 Å². The molecule has 4 heteroatoms. The first-order valence-electron chi connectivity index (χ1n) is 4.12. The summed E-state index contributed by atoms with van der Waals surface area (Å²) in [5.74, 6) is -0.125. The van der Waals surface area contributed by atoms with Gasteiger partial charge in [0, 0.05) is 0 Å². The van der Waals surface area contributed by atoms with E-state index in [2.05, 4.69) is 0 Å². The molecule has 0 bridgehead atoms. The minimum Gasteiger partial charge on any atom is -0.391 e. The summed E-state index contributed by atoms with van der Waals surface area (Å²) in [6, 6.07) is 0. The van der Waals surface area contributed by atoms with E-state index in [0.717, 1.165) is 0 Å². The van der Waals surface area contributed by atoms with Crippen LogP contribution < -0.4 is 0 Å². The molecule has 0 rings (SSSR count). The van der Waals surface area contributed by atoms with Gasteiger partial charge >= 0.3 is 0 Å². The van der Waals surface area contributed by atoms with Crippen molar-refractivity contribution in [3.8, 4) is 0 Å². The number of carbonyl (C=O) groups is 2. The quantitative estimate of drug-likeness (QED) is 0.628. The Labute approximate surface area is 78.6 Å². The summed E-state index contributed by atoms with van der Waals surface area (Å²) in [6.07, 6.45) is -1.10. The molecule has 0 aromatic carbocycles. The highest BCUT2D eigenvalue weighted by Gasteiger charge is 1.99. The minimum atomic E-state index is -0.593. The Bertz CT molecular complexity index is 143. The van der Waals surface area contributed by atoms with Crippen LogP contribution in [0.3, 0.4) is 0 Å². The molecule has 0 aliphatic heterocycles. The molecule has 2 unspecified atom stereocenters. The molecule has 0 aromatic heterocycles. The summed E-state index contributed by atoms with van der Waals surface area (Å²) < 4.78 is 0. The highest BCUT2D eigenvalue weighted by atomic mass is 16.3. The van der Waals surface area contributed by atoms with Gasteiger partial charge in [-0.15, -0.1) is 0 Å². The van der Waals surface area contributed by atoms with Gasteiger partial charge in [-0.05, 0) is 27.7 Å². The van der Waals surface area contributed by atoms with E-state index < -0.39 is 12.2 Å². The topological polar surface area (TPSA) is 74.6 Å². The maximum Gasteiger partial charge on any atom is 0.137 e. The third-order valence-corrected chi connectivity index (χ3v) is 1.20. The molecule has 2 atom stereocenters. The number of hydrogen-bond donors (Lipinski definition) is 2. The Kier molecular flexibility index (Phi) is 8.96. The lowest BCUT2D eigenvalue weighted by atomic mass is 10.2. The first-order valence-corrected chi connectivity index (χ1v) is 4.12. The maximum atomic E-state index is 10.0. The van der Waals surface area contributed by atoms with Crippen molar-refractivity contribution < 1.29 is 19.8 Å². The second-order valence-corrected chi connectivity index (χ2v) is 3.06. The van der Waals surface area contributed by atoms with E-state index in [-0.39, 0.29) is 18.0 Å². The number of carbonyl (C=O) groups excluding carboxylic acids is 2. The van der Waals surface area contributed by atoms with Gasteiger partial charge in [-0.2, -0.15) is 0 Å². The number of rotatable bonds is 3. The van der Waals surface area contributed by atoms with E-state index in [1.165, 1.54) is 13.8 Å². The fourth-order valence-corrected chi connectivity index (χ4v) is 0.351. The van der Waals surface area contributed by atoms with Crippen LogP contribution in [0.25, 0.3) is 0 Å². The Morgan fingerprint density at radius 2 is 1.23 bits per heavy atom. The summed E-state index contributed by atoms with van der Waals surface area (Å²) in [7, 11) is 0. The van der Waals surface area contributed by atoms with E-state index in [1.54, 1.807) is 13.8 Å². The molecule has 0 fully saturated rings. The van der Waals surface area contributed by atoms with Crippen molar-refractivity contribution in [1.82, 2.24) is 0 Å². The average molecular weight is 190 g/mol. The number of aliphatic hydroxyl groups excluding tert-OH is 2. The lowest BCUT2D eigenvalue weighted by molar-refractivity contribution is -0.124. The minimum absolute atomic E-state index is 0.0625. The molecule has 0 radical (unpaired) electrons. The van der Waals surface area contributed by atoms with Gasteiger partial charge in [0.1, 0.15) is 11.6 Å². The average Bonchev–Trinajstić information content (AvgIpc) is 1.84. The monoisotopic (exact) mass is 190 g/mol. The highest BCUT2D eigenvalue weighted by molar-refractivity contribution is 5.96. The normalized spacial score (nSPS) is 13.7. The SMILES string of the molecule is CC(=O)CC(C)=O.CC(O)C(C)O. The molecule has 13 heavy (non-hydrogen) atoms. The van der Waals surface area contributed by atoms with Crippen molar-refractivity contribution in [3.63, 3.8) is 0 Å². The van der Waals surface area contributed by atoms with Crippen molar-refractivity contribution >= 4 is 11.6 Å². The highest BCUT2D eigenvalue weighted by Crippen LogP contribution is 1.85. The molecule has 0 aromatic rings. The van der Waals surface area contributed by atoms with Crippen LogP contribution in [0.4, 0.5) is 0 Å². The largest absolute Gasteiger partial charge is 0.391 e. The van der Waals surface area contributed by atoms with Crippen molar-refractivity contribution in [2.24, 2.45) is 0 Å². The van der Waals surface area contributed by atoms with Crippen molar-refractivity contribution in [2.75, 3.05) is 0 Å². The van der Waals surface area contributed by atoms with E-state index in [9.17, 15) is 9.59 Å². The molecule has 0 heterocycles. The number of Topliss-reactive ketones (excluding diaryl/α,β-unsaturated/α-hetero) is 2. The standard InChI is InChI=1S/C5H8O2.C4H10O2/c1-4(6)3-5(2)7;1-3(5)4(2)6/h3H2,1-2H3;3-6H,1-2H3. The van der Waals surface area contributed by atoms with Gasteiger partial charge in [-0.1, -0.05) is 0 Å². The van der Waals surface area contributed by atoms with Crippen LogP contribution in [0.1, 0.15) is 34.1 Å². The van der Waals surface area contributed by atoms with Crippen LogP contribution >= 0.6 is 0 Å². The third kappa shape index (κ3) is 18.3. The predicted octanol–water partition coefficient (Wildman–Crippen LogP) is 0.302. The van der Waals surface area contributed by atoms with E-state index in [0.29, 0.717) is 0 Å². The molecule has 0 saturated heterocycles. The second kappa shape index (κ2) is 7.89. The summed E-state index contributed by atoms with van der Waals surface area (Å²) >= 11 is 0. The molecule has 0 aliphatic carbocycles. The summed E-state index contributed by atoms with van der Waals surface area (Å²) in [6.45, 7) is 5.90. The molecule has 2 N–H and O–H groups in total. The van der Waals surface area contributed by atoms with Gasteiger partial charge < -0.3 is 10.2 Å². The van der Waals surface area contributed by atoms with Crippen molar-refractivity contribution in [1.29, 1.82) is 0 Å². The molecule has 0 amide bonds. The summed E-state index contributed by atoms with van der Waals surface area (Å²) in [4.78, 5) is 20.1. The molecular formula is C9H18O4. The zero-order chi connectivity index (χ0) is 11.0. The zero-order valence-corrected chi connectivity index (χ0v) is 8.57. The van der Waals surface area contributed by atoms with Crippen LogP contribution in [0.15, 0.2) is 0 Å². The van der Waals surface area contributed by atoms with Gasteiger partial charge in [0.2, 0.25) is 0 Å². The lowest BCUT2D eigenvalue weighted by Gasteiger charge is -2.03. The van der Waals surface area contributed by atoms with Crippen LogP contribution in [0, 0.1) is 0 Å². The van der Waals surface area contributed by atoms with Gasteiger partial charge in [0.25, 0.3) is 0 Å². The smallest absolute Gasteiger partial charge is 0.137 e. The first kappa shape index (κ1) is 14.8. The lowest BCUT2D eigenvalue weighted by Crippen LogP contribution is -2.17. The second-order valence-electron chi connectivity index (χ2n) is 3.06. The van der Waals surface area contributed by atoms with Gasteiger partial charge in [0.05, 0.1) is 18.6 Å². The molecule has 78 valence electrons. The molecule has 4 nitrogen and oxygen atoms in total. The number of ketones is 2. The molecule has 0 saturated carbocycles. The fourth-order valence-electron chi connectivity index (χ4n) is 0.351. The summed E-state index contributed by atoms with van der Waals surface area (Å²) in [5.41, 5.74) is 0. The van der Waals surface area contributed by atoms with E-state index >= 15 is 0 Å². The molecule has 0 spiro atoms. The van der Waals surface area contributed by atoms with Crippen molar-refractivity contribution in [2.45, 2.75) is 46.3 Å².